The van der Waals surface area contributed by atoms with Crippen molar-refractivity contribution in [3.63, 3.8) is 0 Å². The number of guanidine groups is 1. The van der Waals surface area contributed by atoms with E-state index in [0.29, 0.717) is 25.2 Å². The van der Waals surface area contributed by atoms with Crippen molar-refractivity contribution in [3.8, 4) is 0 Å². The Hall–Kier alpha value is -1.34. The number of hydrogen-bond donors (Lipinski definition) is 2. The molecule has 1 amide bonds. The molecule has 2 saturated carbocycles. The highest BCUT2D eigenvalue weighted by atomic mass is 16.7. The predicted octanol–water partition coefficient (Wildman–Crippen LogP) is 2.02. The quantitative estimate of drug-likeness (QED) is 0.564. The molecule has 2 aliphatic carbocycles. The molecule has 3 fully saturated rings. The van der Waals surface area contributed by atoms with Gasteiger partial charge in [0.25, 0.3) is 0 Å². The Morgan fingerprint density at radius 2 is 1.81 bits per heavy atom. The monoisotopic (exact) mass is 380 g/mol. The van der Waals surface area contributed by atoms with Crippen LogP contribution in [0.15, 0.2) is 4.99 Å². The molecule has 3 aliphatic rings. The summed E-state index contributed by atoms with van der Waals surface area (Å²) in [6.07, 6.45) is 11.8. The summed E-state index contributed by atoms with van der Waals surface area (Å²) in [5.74, 6) is 0.367. The maximum atomic E-state index is 11.9. The minimum atomic E-state index is -0.348. The first-order chi connectivity index (χ1) is 13.1. The Balaban J connectivity index is 1.52. The van der Waals surface area contributed by atoms with Gasteiger partial charge in [0.05, 0.1) is 6.61 Å². The van der Waals surface area contributed by atoms with Crippen LogP contribution in [-0.2, 0) is 14.3 Å². The van der Waals surface area contributed by atoms with Gasteiger partial charge in [0.1, 0.15) is 12.6 Å². The van der Waals surface area contributed by atoms with Gasteiger partial charge in [-0.05, 0) is 25.7 Å². The number of nitrogens with zero attached hydrogens (tertiary/aromatic N) is 2. The highest BCUT2D eigenvalue weighted by Gasteiger charge is 2.42. The lowest BCUT2D eigenvalue weighted by molar-refractivity contribution is -0.186. The van der Waals surface area contributed by atoms with Crippen LogP contribution in [0.25, 0.3) is 0 Å². The van der Waals surface area contributed by atoms with Crippen molar-refractivity contribution in [2.24, 2.45) is 4.99 Å². The molecular weight excluding hydrogens is 344 g/mol. The minimum absolute atomic E-state index is 0.00125. The van der Waals surface area contributed by atoms with E-state index >= 15 is 0 Å². The normalized spacial score (nSPS) is 26.1. The summed E-state index contributed by atoms with van der Waals surface area (Å²) < 4.78 is 12.3. The smallest absolute Gasteiger partial charge is 0.243 e. The summed E-state index contributed by atoms with van der Waals surface area (Å²) in [4.78, 5) is 18.0. The summed E-state index contributed by atoms with van der Waals surface area (Å²) in [6.45, 7) is 1.43. The van der Waals surface area contributed by atoms with Crippen molar-refractivity contribution in [1.82, 2.24) is 15.5 Å². The molecule has 0 radical (unpaired) electrons. The molecule has 7 nitrogen and oxygen atoms in total. The zero-order valence-electron chi connectivity index (χ0n) is 17.0. The first-order valence-corrected chi connectivity index (χ1v) is 10.6. The maximum Gasteiger partial charge on any atom is 0.243 e. The molecule has 2 N–H and O–H groups in total. The SMILES string of the molecule is CN(C)C(=O)CN=C(NCC1COC2(CCCCC2)O1)NC1CCCCC1. The van der Waals surface area contributed by atoms with Crippen LogP contribution in [0.5, 0.6) is 0 Å². The fourth-order valence-corrected chi connectivity index (χ4v) is 4.16. The average molecular weight is 381 g/mol. The summed E-state index contributed by atoms with van der Waals surface area (Å²) in [6, 6.07) is 0.435. The molecule has 154 valence electrons. The van der Waals surface area contributed by atoms with E-state index in [9.17, 15) is 4.79 Å². The van der Waals surface area contributed by atoms with Crippen LogP contribution < -0.4 is 10.6 Å². The molecule has 0 aromatic heterocycles. The van der Waals surface area contributed by atoms with E-state index in [-0.39, 0.29) is 24.3 Å². The number of nitrogens with one attached hydrogen (secondary N) is 2. The lowest BCUT2D eigenvalue weighted by Crippen LogP contribution is -2.47. The fraction of sp³-hybridized carbons (Fsp3) is 0.900. The van der Waals surface area contributed by atoms with E-state index in [0.717, 1.165) is 25.7 Å². The number of carbonyl (C=O) groups is 1. The Bertz CT molecular complexity index is 511. The van der Waals surface area contributed by atoms with Gasteiger partial charge in [0.2, 0.25) is 5.91 Å². The number of carbonyl (C=O) groups excluding carboxylic acids is 1. The highest BCUT2D eigenvalue weighted by molar-refractivity contribution is 5.84. The molecule has 1 saturated heterocycles. The van der Waals surface area contributed by atoms with Gasteiger partial charge in [-0.1, -0.05) is 25.7 Å². The molecule has 0 aromatic carbocycles. The van der Waals surface area contributed by atoms with Gasteiger partial charge < -0.3 is 25.0 Å². The molecule has 1 atom stereocenters. The average Bonchev–Trinajstić information content (AvgIpc) is 3.07. The van der Waals surface area contributed by atoms with Crippen LogP contribution in [0.3, 0.4) is 0 Å². The largest absolute Gasteiger partial charge is 0.354 e. The molecule has 0 bridgehead atoms. The molecule has 1 unspecified atom stereocenters. The topological polar surface area (TPSA) is 75.2 Å². The summed E-state index contributed by atoms with van der Waals surface area (Å²) in [7, 11) is 3.51. The zero-order chi connectivity index (χ0) is 19.1. The Morgan fingerprint density at radius 3 is 2.52 bits per heavy atom. The fourth-order valence-electron chi connectivity index (χ4n) is 4.16. The third-order valence-corrected chi connectivity index (χ3v) is 5.84. The van der Waals surface area contributed by atoms with Crippen LogP contribution in [-0.4, -0.2) is 68.5 Å². The van der Waals surface area contributed by atoms with Crippen LogP contribution in [0.2, 0.25) is 0 Å². The summed E-state index contributed by atoms with van der Waals surface area (Å²) in [5, 5.41) is 6.91. The van der Waals surface area contributed by atoms with Crippen LogP contribution in [0, 0.1) is 0 Å². The van der Waals surface area contributed by atoms with Gasteiger partial charge in [-0.3, -0.25) is 4.79 Å². The molecular formula is C20H36N4O3. The predicted molar refractivity (Wildman–Crippen MR) is 106 cm³/mol. The van der Waals surface area contributed by atoms with Crippen molar-refractivity contribution in [1.29, 1.82) is 0 Å². The number of hydrogen-bond acceptors (Lipinski definition) is 4. The maximum absolute atomic E-state index is 11.9. The van der Waals surface area contributed by atoms with E-state index in [4.69, 9.17) is 9.47 Å². The van der Waals surface area contributed by atoms with Crippen LogP contribution in [0.1, 0.15) is 64.2 Å². The second-order valence-corrected chi connectivity index (χ2v) is 8.34. The van der Waals surface area contributed by atoms with Crippen molar-refractivity contribution >= 4 is 11.9 Å². The van der Waals surface area contributed by atoms with E-state index in [1.807, 2.05) is 0 Å². The van der Waals surface area contributed by atoms with Crippen molar-refractivity contribution in [3.05, 3.63) is 0 Å². The molecule has 1 heterocycles. The third-order valence-electron chi connectivity index (χ3n) is 5.84. The van der Waals surface area contributed by atoms with Crippen molar-refractivity contribution < 1.29 is 14.3 Å². The van der Waals surface area contributed by atoms with Gasteiger partial charge in [-0.15, -0.1) is 0 Å². The Labute approximate surface area is 163 Å². The zero-order valence-corrected chi connectivity index (χ0v) is 17.0. The third kappa shape index (κ3) is 6.07. The highest BCUT2D eigenvalue weighted by Crippen LogP contribution is 2.37. The van der Waals surface area contributed by atoms with Crippen LogP contribution >= 0.6 is 0 Å². The van der Waals surface area contributed by atoms with E-state index in [1.54, 1.807) is 19.0 Å². The van der Waals surface area contributed by atoms with Gasteiger partial charge in [-0.2, -0.15) is 0 Å². The Morgan fingerprint density at radius 1 is 1.11 bits per heavy atom. The lowest BCUT2D eigenvalue weighted by atomic mass is 9.94. The number of ether oxygens (including phenoxy) is 2. The van der Waals surface area contributed by atoms with Crippen LogP contribution in [0.4, 0.5) is 0 Å². The van der Waals surface area contributed by atoms with Gasteiger partial charge >= 0.3 is 0 Å². The molecule has 0 aromatic rings. The van der Waals surface area contributed by atoms with E-state index in [2.05, 4.69) is 15.6 Å². The minimum Gasteiger partial charge on any atom is -0.354 e. The molecule has 3 rings (SSSR count). The van der Waals surface area contributed by atoms with E-state index < -0.39 is 0 Å². The Kier molecular flexibility index (Phi) is 7.35. The standard InChI is InChI=1S/C20H36N4O3/c1-24(2)18(25)14-22-19(23-16-9-5-3-6-10-16)21-13-17-15-26-20(27-17)11-7-4-8-12-20/h16-17H,3-15H2,1-2H3,(H2,21,22,23). The van der Waals surface area contributed by atoms with Crippen molar-refractivity contribution in [2.75, 3.05) is 33.8 Å². The first-order valence-electron chi connectivity index (χ1n) is 10.6. The molecule has 7 heteroatoms. The van der Waals surface area contributed by atoms with E-state index in [1.165, 1.54) is 38.5 Å². The second-order valence-electron chi connectivity index (χ2n) is 8.34. The summed E-state index contributed by atoms with van der Waals surface area (Å²) in [5.41, 5.74) is 0. The summed E-state index contributed by atoms with van der Waals surface area (Å²) >= 11 is 0. The van der Waals surface area contributed by atoms with Crippen molar-refractivity contribution in [2.45, 2.75) is 82.1 Å². The molecule has 1 aliphatic heterocycles. The number of likely N-dealkylation sites (N-methyl/N-ethyl adjacent to an activating group) is 1. The van der Waals surface area contributed by atoms with Gasteiger partial charge in [0, 0.05) is 39.5 Å². The van der Waals surface area contributed by atoms with Gasteiger partial charge in [-0.25, -0.2) is 4.99 Å². The number of amides is 1. The first kappa shape index (κ1) is 20.4. The number of rotatable bonds is 5. The lowest BCUT2D eigenvalue weighted by Gasteiger charge is -2.31. The molecule has 27 heavy (non-hydrogen) atoms. The number of aliphatic imine (C=N–C) groups is 1. The second kappa shape index (κ2) is 9.73. The molecule has 1 spiro atoms. The van der Waals surface area contributed by atoms with Gasteiger partial charge in [0.15, 0.2) is 11.7 Å².